The van der Waals surface area contributed by atoms with Crippen LogP contribution in [0, 0.1) is 0 Å². The van der Waals surface area contributed by atoms with Gasteiger partial charge in [0, 0.05) is 48.0 Å². The largest absolute Gasteiger partial charge is 0.338 e. The SMILES string of the molecule is O=C(CCCNC(=O)NC1CCCCC1)Nc1ccc(-c2cn3ccsc3n2)cc1. The molecule has 1 saturated carbocycles. The summed E-state index contributed by atoms with van der Waals surface area (Å²) >= 11 is 1.60. The predicted molar refractivity (Wildman–Crippen MR) is 120 cm³/mol. The van der Waals surface area contributed by atoms with Crippen LogP contribution in [-0.2, 0) is 4.79 Å². The number of fused-ring (bicyclic) bond motifs is 1. The van der Waals surface area contributed by atoms with Gasteiger partial charge in [-0.15, -0.1) is 11.3 Å². The molecule has 0 bridgehead atoms. The zero-order chi connectivity index (χ0) is 20.8. The Morgan fingerprint density at radius 3 is 2.70 bits per heavy atom. The van der Waals surface area contributed by atoms with Crippen LogP contribution in [0.2, 0.25) is 0 Å². The van der Waals surface area contributed by atoms with E-state index in [9.17, 15) is 9.59 Å². The first-order valence-corrected chi connectivity index (χ1v) is 11.4. The van der Waals surface area contributed by atoms with Gasteiger partial charge in [-0.25, -0.2) is 9.78 Å². The number of benzene rings is 1. The van der Waals surface area contributed by atoms with E-state index in [1.807, 2.05) is 46.4 Å². The van der Waals surface area contributed by atoms with Gasteiger partial charge >= 0.3 is 6.03 Å². The molecule has 0 aliphatic heterocycles. The lowest BCUT2D eigenvalue weighted by molar-refractivity contribution is -0.116. The highest BCUT2D eigenvalue weighted by Crippen LogP contribution is 2.23. The first-order chi connectivity index (χ1) is 14.7. The van der Waals surface area contributed by atoms with Gasteiger partial charge in [0.15, 0.2) is 4.96 Å². The van der Waals surface area contributed by atoms with Crippen molar-refractivity contribution < 1.29 is 9.59 Å². The lowest BCUT2D eigenvalue weighted by Crippen LogP contribution is -2.43. The van der Waals surface area contributed by atoms with Gasteiger partial charge in [-0.05, 0) is 31.4 Å². The third kappa shape index (κ3) is 5.38. The van der Waals surface area contributed by atoms with Gasteiger partial charge in [-0.3, -0.25) is 9.20 Å². The highest BCUT2D eigenvalue weighted by atomic mass is 32.1. The van der Waals surface area contributed by atoms with Crippen LogP contribution in [0.25, 0.3) is 16.2 Å². The Labute approximate surface area is 179 Å². The first kappa shape index (κ1) is 20.4. The number of hydrogen-bond acceptors (Lipinski definition) is 4. The summed E-state index contributed by atoms with van der Waals surface area (Å²) in [4.78, 5) is 29.6. The molecule has 1 aliphatic carbocycles. The number of rotatable bonds is 7. The van der Waals surface area contributed by atoms with Crippen LogP contribution in [0.1, 0.15) is 44.9 Å². The standard InChI is InChI=1S/C22H27N5O2S/c28-20(7-4-12-23-21(29)25-17-5-2-1-3-6-17)24-18-10-8-16(9-11-18)19-15-27-13-14-30-22(27)26-19/h8-11,13-15,17H,1-7,12H2,(H,24,28)(H2,23,25,29). The highest BCUT2D eigenvalue weighted by molar-refractivity contribution is 7.15. The summed E-state index contributed by atoms with van der Waals surface area (Å²) in [5.74, 6) is -0.0558. The van der Waals surface area contributed by atoms with Crippen LogP contribution in [-0.4, -0.2) is 33.9 Å². The fourth-order valence-corrected chi connectivity index (χ4v) is 4.45. The van der Waals surface area contributed by atoms with E-state index in [-0.39, 0.29) is 11.9 Å². The average molecular weight is 426 g/mol. The van der Waals surface area contributed by atoms with Crippen molar-refractivity contribution in [1.82, 2.24) is 20.0 Å². The number of anilines is 1. The topological polar surface area (TPSA) is 87.5 Å². The van der Waals surface area contributed by atoms with E-state index in [1.165, 1.54) is 19.3 Å². The van der Waals surface area contributed by atoms with Crippen molar-refractivity contribution in [2.24, 2.45) is 0 Å². The van der Waals surface area contributed by atoms with Gasteiger partial charge in [-0.1, -0.05) is 31.4 Å². The molecule has 2 aromatic heterocycles. The zero-order valence-electron chi connectivity index (χ0n) is 16.9. The van der Waals surface area contributed by atoms with Crippen LogP contribution < -0.4 is 16.0 Å². The zero-order valence-corrected chi connectivity index (χ0v) is 17.7. The van der Waals surface area contributed by atoms with Crippen LogP contribution in [0.4, 0.5) is 10.5 Å². The van der Waals surface area contributed by atoms with Crippen LogP contribution >= 0.6 is 11.3 Å². The van der Waals surface area contributed by atoms with Crippen molar-refractivity contribution in [3.8, 4) is 11.3 Å². The summed E-state index contributed by atoms with van der Waals surface area (Å²) in [6.45, 7) is 0.488. The summed E-state index contributed by atoms with van der Waals surface area (Å²) in [7, 11) is 0. The Bertz CT molecular complexity index is 960. The third-order valence-electron chi connectivity index (χ3n) is 5.36. The maximum atomic E-state index is 12.2. The summed E-state index contributed by atoms with van der Waals surface area (Å²) in [5, 5.41) is 10.8. The van der Waals surface area contributed by atoms with Crippen molar-refractivity contribution in [3.63, 3.8) is 0 Å². The molecule has 3 N–H and O–H groups in total. The number of urea groups is 1. The quantitative estimate of drug-likeness (QED) is 0.490. The van der Waals surface area contributed by atoms with E-state index in [1.54, 1.807) is 11.3 Å². The van der Waals surface area contributed by atoms with Gasteiger partial charge < -0.3 is 16.0 Å². The van der Waals surface area contributed by atoms with Crippen LogP contribution in [0.3, 0.4) is 0 Å². The number of carbonyl (C=O) groups is 2. The number of thiazole rings is 1. The van der Waals surface area contributed by atoms with E-state index in [0.717, 1.165) is 34.7 Å². The Hall–Kier alpha value is -2.87. The van der Waals surface area contributed by atoms with Gasteiger partial charge in [0.25, 0.3) is 0 Å². The third-order valence-corrected chi connectivity index (χ3v) is 6.13. The van der Waals surface area contributed by atoms with Crippen molar-refractivity contribution in [3.05, 3.63) is 42.0 Å². The summed E-state index contributed by atoms with van der Waals surface area (Å²) in [6, 6.07) is 7.85. The number of nitrogens with zero attached hydrogens (tertiary/aromatic N) is 2. The molecule has 0 radical (unpaired) electrons. The molecule has 0 saturated heterocycles. The molecule has 2 heterocycles. The first-order valence-electron chi connectivity index (χ1n) is 10.5. The Morgan fingerprint density at radius 1 is 1.13 bits per heavy atom. The van der Waals surface area contributed by atoms with Gasteiger partial charge in [0.1, 0.15) is 0 Å². The molecule has 4 rings (SSSR count). The maximum Gasteiger partial charge on any atom is 0.315 e. The second-order valence-corrected chi connectivity index (χ2v) is 8.56. The molecule has 1 aliphatic rings. The molecule has 1 aromatic carbocycles. The number of carbonyl (C=O) groups excluding carboxylic acids is 2. The summed E-state index contributed by atoms with van der Waals surface area (Å²) in [5.41, 5.74) is 2.68. The predicted octanol–water partition coefficient (Wildman–Crippen LogP) is 4.41. The number of amides is 3. The van der Waals surface area contributed by atoms with E-state index in [0.29, 0.717) is 25.4 Å². The van der Waals surface area contributed by atoms with Crippen molar-refractivity contribution in [2.45, 2.75) is 51.0 Å². The Kier molecular flexibility index (Phi) is 6.63. The molecule has 3 aromatic rings. The molecule has 3 amide bonds. The summed E-state index contributed by atoms with van der Waals surface area (Å²) < 4.78 is 2.00. The van der Waals surface area contributed by atoms with Crippen LogP contribution in [0.15, 0.2) is 42.0 Å². The van der Waals surface area contributed by atoms with Crippen molar-refractivity contribution in [2.75, 3.05) is 11.9 Å². The number of hydrogen-bond donors (Lipinski definition) is 3. The van der Waals surface area contributed by atoms with E-state index in [2.05, 4.69) is 20.9 Å². The number of nitrogens with one attached hydrogen (secondary N) is 3. The van der Waals surface area contributed by atoms with Crippen molar-refractivity contribution in [1.29, 1.82) is 0 Å². The fraction of sp³-hybridized carbons (Fsp3) is 0.409. The second kappa shape index (κ2) is 9.75. The number of aromatic nitrogens is 2. The minimum absolute atomic E-state index is 0.0558. The minimum Gasteiger partial charge on any atom is -0.338 e. The fourth-order valence-electron chi connectivity index (χ4n) is 3.75. The molecular formula is C22H27N5O2S. The molecule has 0 unspecified atom stereocenters. The monoisotopic (exact) mass is 425 g/mol. The smallest absolute Gasteiger partial charge is 0.315 e. The lowest BCUT2D eigenvalue weighted by Gasteiger charge is -2.22. The summed E-state index contributed by atoms with van der Waals surface area (Å²) in [6.07, 6.45) is 10.7. The molecule has 8 heteroatoms. The molecule has 0 spiro atoms. The van der Waals surface area contributed by atoms with Crippen LogP contribution in [0.5, 0.6) is 0 Å². The minimum atomic E-state index is -0.128. The molecule has 7 nitrogen and oxygen atoms in total. The molecular weight excluding hydrogens is 398 g/mol. The highest BCUT2D eigenvalue weighted by Gasteiger charge is 2.15. The van der Waals surface area contributed by atoms with E-state index < -0.39 is 0 Å². The molecule has 0 atom stereocenters. The van der Waals surface area contributed by atoms with Gasteiger partial charge in [0.2, 0.25) is 5.91 Å². The average Bonchev–Trinajstić information content (AvgIpc) is 3.35. The van der Waals surface area contributed by atoms with Crippen molar-refractivity contribution >= 4 is 33.9 Å². The van der Waals surface area contributed by atoms with E-state index in [4.69, 9.17) is 0 Å². The molecule has 30 heavy (non-hydrogen) atoms. The normalized spacial score (nSPS) is 14.5. The van der Waals surface area contributed by atoms with Gasteiger partial charge in [0.05, 0.1) is 5.69 Å². The Balaban J connectivity index is 1.17. The molecule has 1 fully saturated rings. The lowest BCUT2D eigenvalue weighted by atomic mass is 9.96. The Morgan fingerprint density at radius 2 is 1.93 bits per heavy atom. The van der Waals surface area contributed by atoms with Gasteiger partial charge in [-0.2, -0.15) is 0 Å². The molecule has 158 valence electrons. The maximum absolute atomic E-state index is 12.2. The van der Waals surface area contributed by atoms with E-state index >= 15 is 0 Å². The second-order valence-electron chi connectivity index (χ2n) is 7.68. The number of imidazole rings is 1.